The zero-order chi connectivity index (χ0) is 15.6. The molecule has 0 saturated heterocycles. The third kappa shape index (κ3) is 4.66. The van der Waals surface area contributed by atoms with Crippen molar-refractivity contribution in [1.82, 2.24) is 0 Å². The van der Waals surface area contributed by atoms with Gasteiger partial charge in [0, 0.05) is 25.8 Å². The van der Waals surface area contributed by atoms with Gasteiger partial charge in [0.1, 0.15) is 0 Å². The molecular weight excluding hydrogens is 422 g/mol. The minimum atomic E-state index is -3.32. The Morgan fingerprint density at radius 3 is 1.95 bits per heavy atom. The molecule has 0 aliphatic rings. The van der Waals surface area contributed by atoms with Crippen molar-refractivity contribution < 1.29 is 13.2 Å². The van der Waals surface area contributed by atoms with Crippen LogP contribution in [0.25, 0.3) is 0 Å². The van der Waals surface area contributed by atoms with E-state index in [1.54, 1.807) is 36.4 Å². The highest BCUT2D eigenvalue weighted by atomic mass is 79.9. The molecule has 0 bridgehead atoms. The van der Waals surface area contributed by atoms with Gasteiger partial charge in [-0.3, -0.25) is 9.52 Å². The molecule has 0 aliphatic heterocycles. The first kappa shape index (κ1) is 16.2. The average Bonchev–Trinajstić information content (AvgIpc) is 2.35. The zero-order valence-electron chi connectivity index (χ0n) is 10.9. The van der Waals surface area contributed by atoms with Crippen molar-refractivity contribution in [1.29, 1.82) is 0 Å². The summed E-state index contributed by atoms with van der Waals surface area (Å²) in [5, 5.41) is 0. The van der Waals surface area contributed by atoms with Gasteiger partial charge in [-0.15, -0.1) is 0 Å². The minimum Gasteiger partial charge on any atom is -0.289 e. The Morgan fingerprint density at radius 2 is 1.48 bits per heavy atom. The highest BCUT2D eigenvalue weighted by molar-refractivity contribution is 9.11. The monoisotopic (exact) mass is 431 g/mol. The van der Waals surface area contributed by atoms with Crippen molar-refractivity contribution >= 4 is 53.4 Å². The van der Waals surface area contributed by atoms with Gasteiger partial charge in [-0.1, -0.05) is 31.9 Å². The lowest BCUT2D eigenvalue weighted by molar-refractivity contribution is 0.103. The van der Waals surface area contributed by atoms with Gasteiger partial charge in [0.15, 0.2) is 5.78 Å². The van der Waals surface area contributed by atoms with Crippen LogP contribution in [0.5, 0.6) is 0 Å². The first-order chi connectivity index (χ1) is 9.74. The summed E-state index contributed by atoms with van der Waals surface area (Å²) in [5.74, 6) is -0.136. The Kier molecular flexibility index (Phi) is 4.85. The first-order valence-corrected chi connectivity index (χ1v) is 9.31. The van der Waals surface area contributed by atoms with Crippen LogP contribution in [-0.2, 0) is 10.0 Å². The van der Waals surface area contributed by atoms with E-state index in [0.717, 1.165) is 15.2 Å². The van der Waals surface area contributed by atoms with Crippen molar-refractivity contribution in [3.8, 4) is 0 Å². The smallest absolute Gasteiger partial charge is 0.229 e. The fourth-order valence-corrected chi connectivity index (χ4v) is 3.61. The number of rotatable bonds is 4. The van der Waals surface area contributed by atoms with Crippen LogP contribution in [0, 0.1) is 0 Å². The molecule has 2 rings (SSSR count). The van der Waals surface area contributed by atoms with Gasteiger partial charge < -0.3 is 0 Å². The predicted molar refractivity (Wildman–Crippen MR) is 90.2 cm³/mol. The maximum atomic E-state index is 12.4. The van der Waals surface area contributed by atoms with Gasteiger partial charge >= 0.3 is 0 Å². The molecule has 0 fully saturated rings. The van der Waals surface area contributed by atoms with Crippen molar-refractivity contribution in [3.05, 3.63) is 62.5 Å². The van der Waals surface area contributed by atoms with Crippen LogP contribution in [-0.4, -0.2) is 20.5 Å². The van der Waals surface area contributed by atoms with Gasteiger partial charge in [-0.05, 0) is 42.5 Å². The Hall–Kier alpha value is -1.18. The maximum absolute atomic E-state index is 12.4. The minimum absolute atomic E-state index is 0.136. The summed E-state index contributed by atoms with van der Waals surface area (Å²) in [4.78, 5) is 12.4. The van der Waals surface area contributed by atoms with E-state index < -0.39 is 10.0 Å². The second-order valence-corrected chi connectivity index (χ2v) is 8.02. The van der Waals surface area contributed by atoms with Crippen LogP contribution in [0.15, 0.2) is 51.4 Å². The lowest BCUT2D eigenvalue weighted by atomic mass is 10.0. The van der Waals surface area contributed by atoms with Crippen molar-refractivity contribution in [3.63, 3.8) is 0 Å². The molecule has 0 aromatic heterocycles. The number of hydrogen-bond donors (Lipinski definition) is 1. The zero-order valence-corrected chi connectivity index (χ0v) is 14.9. The quantitative estimate of drug-likeness (QED) is 0.747. The number of carbonyl (C=O) groups excluding carboxylic acids is 1. The van der Waals surface area contributed by atoms with Crippen LogP contribution >= 0.6 is 31.9 Å². The molecule has 0 spiro atoms. The molecular formula is C14H11Br2NO3S. The predicted octanol–water partition coefficient (Wildman–Crippen LogP) is 3.81. The summed E-state index contributed by atoms with van der Waals surface area (Å²) in [6.07, 6.45) is 1.07. The highest BCUT2D eigenvalue weighted by Gasteiger charge is 2.11. The van der Waals surface area contributed by atoms with Crippen LogP contribution in [0.3, 0.4) is 0 Å². The Morgan fingerprint density at radius 1 is 0.952 bits per heavy atom. The molecule has 21 heavy (non-hydrogen) atoms. The van der Waals surface area contributed by atoms with Crippen LogP contribution in [0.1, 0.15) is 15.9 Å². The van der Waals surface area contributed by atoms with E-state index in [1.165, 1.54) is 0 Å². The molecule has 0 saturated carbocycles. The average molecular weight is 433 g/mol. The number of sulfonamides is 1. The number of carbonyl (C=O) groups is 1. The highest BCUT2D eigenvalue weighted by Crippen LogP contribution is 2.22. The lowest BCUT2D eigenvalue weighted by Gasteiger charge is -2.06. The van der Waals surface area contributed by atoms with Crippen LogP contribution in [0.2, 0.25) is 0 Å². The lowest BCUT2D eigenvalue weighted by Crippen LogP contribution is -2.09. The topological polar surface area (TPSA) is 63.2 Å². The summed E-state index contributed by atoms with van der Waals surface area (Å²) in [6, 6.07) is 11.6. The van der Waals surface area contributed by atoms with E-state index in [-0.39, 0.29) is 5.78 Å². The number of anilines is 1. The Balaban J connectivity index is 2.28. The molecule has 1 N–H and O–H groups in total. The number of ketones is 1. The molecule has 0 amide bonds. The molecule has 0 aliphatic carbocycles. The summed E-state index contributed by atoms with van der Waals surface area (Å²) < 4.78 is 26.2. The largest absolute Gasteiger partial charge is 0.289 e. The van der Waals surface area contributed by atoms with E-state index in [4.69, 9.17) is 0 Å². The van der Waals surface area contributed by atoms with E-state index in [2.05, 4.69) is 36.6 Å². The molecule has 110 valence electrons. The third-order valence-corrected chi connectivity index (χ3v) is 4.10. The van der Waals surface area contributed by atoms with E-state index in [0.29, 0.717) is 16.8 Å². The van der Waals surface area contributed by atoms with E-state index in [9.17, 15) is 13.2 Å². The molecule has 2 aromatic carbocycles. The first-order valence-electron chi connectivity index (χ1n) is 5.83. The standard InChI is InChI=1S/C14H11Br2NO3S/c1-21(19,20)17-13-4-2-9(3-5-13)14(18)10-6-11(15)8-12(16)7-10/h2-8,17H,1H3. The van der Waals surface area contributed by atoms with E-state index in [1.807, 2.05) is 6.07 Å². The van der Waals surface area contributed by atoms with Gasteiger partial charge in [0.05, 0.1) is 6.26 Å². The van der Waals surface area contributed by atoms with Gasteiger partial charge in [-0.25, -0.2) is 8.42 Å². The number of hydrogen-bond acceptors (Lipinski definition) is 3. The molecule has 0 atom stereocenters. The Labute approximate surface area is 139 Å². The normalized spacial score (nSPS) is 11.2. The van der Waals surface area contributed by atoms with Gasteiger partial charge in [-0.2, -0.15) is 0 Å². The SMILES string of the molecule is CS(=O)(=O)Nc1ccc(C(=O)c2cc(Br)cc(Br)c2)cc1. The van der Waals surface area contributed by atoms with Crippen molar-refractivity contribution in [2.24, 2.45) is 0 Å². The summed E-state index contributed by atoms with van der Waals surface area (Å²) >= 11 is 6.68. The number of nitrogens with one attached hydrogen (secondary N) is 1. The third-order valence-electron chi connectivity index (χ3n) is 2.58. The molecule has 4 nitrogen and oxygen atoms in total. The number of halogens is 2. The molecule has 0 heterocycles. The summed E-state index contributed by atoms with van der Waals surface area (Å²) in [5.41, 5.74) is 1.45. The van der Waals surface area contributed by atoms with E-state index >= 15 is 0 Å². The van der Waals surface area contributed by atoms with Gasteiger partial charge in [0.2, 0.25) is 10.0 Å². The fourth-order valence-electron chi connectivity index (χ4n) is 1.76. The number of benzene rings is 2. The second-order valence-electron chi connectivity index (χ2n) is 4.44. The molecule has 7 heteroatoms. The van der Waals surface area contributed by atoms with Crippen molar-refractivity contribution in [2.45, 2.75) is 0 Å². The molecule has 2 aromatic rings. The van der Waals surface area contributed by atoms with Crippen LogP contribution < -0.4 is 4.72 Å². The van der Waals surface area contributed by atoms with Crippen LogP contribution in [0.4, 0.5) is 5.69 Å². The Bertz CT molecular complexity index is 766. The van der Waals surface area contributed by atoms with Gasteiger partial charge in [0.25, 0.3) is 0 Å². The summed E-state index contributed by atoms with van der Waals surface area (Å²) in [6.45, 7) is 0. The maximum Gasteiger partial charge on any atom is 0.229 e. The van der Waals surface area contributed by atoms with Crippen molar-refractivity contribution in [2.75, 3.05) is 11.0 Å². The fraction of sp³-hybridized carbons (Fsp3) is 0.0714. The molecule has 0 radical (unpaired) electrons. The summed E-state index contributed by atoms with van der Waals surface area (Å²) in [7, 11) is -3.32. The second kappa shape index (κ2) is 6.29. The molecule has 0 unspecified atom stereocenters.